The van der Waals surface area contributed by atoms with Gasteiger partial charge in [0.2, 0.25) is 0 Å². The molecule has 1 fully saturated rings. The fourth-order valence-corrected chi connectivity index (χ4v) is 2.13. The molecule has 1 saturated heterocycles. The maximum absolute atomic E-state index is 4.50. The highest BCUT2D eigenvalue weighted by atomic mass is 15.2. The summed E-state index contributed by atoms with van der Waals surface area (Å²) in [7, 11) is 0. The number of nitrogens with zero attached hydrogens (tertiary/aromatic N) is 1. The number of hydrogen-bond acceptors (Lipinski definition) is 1. The van der Waals surface area contributed by atoms with Crippen LogP contribution in [0.1, 0.15) is 38.2 Å². The predicted molar refractivity (Wildman–Crippen MR) is 77.4 cm³/mol. The van der Waals surface area contributed by atoms with Crippen molar-refractivity contribution in [3.8, 4) is 0 Å². The van der Waals surface area contributed by atoms with Gasteiger partial charge in [-0.05, 0) is 30.5 Å². The number of nitrogens with one attached hydrogen (secondary N) is 2. The predicted octanol–water partition coefficient (Wildman–Crippen LogP) is 2.99. The van der Waals surface area contributed by atoms with Crippen molar-refractivity contribution in [1.82, 2.24) is 10.6 Å². The van der Waals surface area contributed by atoms with Gasteiger partial charge in [0.15, 0.2) is 5.96 Å². The number of rotatable bonds is 6. The van der Waals surface area contributed by atoms with Gasteiger partial charge in [-0.1, -0.05) is 38.3 Å². The second-order valence-electron chi connectivity index (χ2n) is 4.79. The van der Waals surface area contributed by atoms with E-state index in [4.69, 9.17) is 0 Å². The monoisotopic (exact) mass is 245 g/mol. The summed E-state index contributed by atoms with van der Waals surface area (Å²) >= 11 is 0. The number of benzene rings is 1. The lowest BCUT2D eigenvalue weighted by molar-refractivity contribution is 0.667. The van der Waals surface area contributed by atoms with Crippen molar-refractivity contribution < 1.29 is 0 Å². The zero-order valence-electron chi connectivity index (χ0n) is 11.2. The van der Waals surface area contributed by atoms with Crippen molar-refractivity contribution in [2.75, 3.05) is 13.1 Å². The van der Waals surface area contributed by atoms with Crippen LogP contribution < -0.4 is 10.6 Å². The summed E-state index contributed by atoms with van der Waals surface area (Å²) in [6, 6.07) is 8.59. The summed E-state index contributed by atoms with van der Waals surface area (Å²) in [5.74, 6) is 0.894. The molecule has 0 amide bonds. The van der Waals surface area contributed by atoms with Crippen LogP contribution in [0.25, 0.3) is 0 Å². The number of aryl methyl sites for hydroxylation is 1. The van der Waals surface area contributed by atoms with Gasteiger partial charge in [0, 0.05) is 13.1 Å². The molecule has 0 aromatic heterocycles. The molecule has 3 nitrogen and oxygen atoms in total. The molecule has 98 valence electrons. The first kappa shape index (κ1) is 12.9. The number of aliphatic imine (C=N–C) groups is 1. The molecule has 2 rings (SSSR count). The third-order valence-corrected chi connectivity index (χ3v) is 3.21. The topological polar surface area (TPSA) is 36.4 Å². The van der Waals surface area contributed by atoms with E-state index < -0.39 is 0 Å². The van der Waals surface area contributed by atoms with Gasteiger partial charge in [-0.3, -0.25) is 0 Å². The number of hydrogen-bond donors (Lipinski definition) is 2. The normalized spacial score (nSPS) is 14.2. The summed E-state index contributed by atoms with van der Waals surface area (Å²) in [6.07, 6.45) is 6.48. The highest BCUT2D eigenvalue weighted by Gasteiger charge is 2.04. The van der Waals surface area contributed by atoms with Crippen LogP contribution in [0.4, 0.5) is 5.69 Å². The third-order valence-electron chi connectivity index (χ3n) is 3.21. The molecule has 1 aromatic rings. The average Bonchev–Trinajstić information content (AvgIpc) is 2.89. The molecule has 1 aliphatic rings. The van der Waals surface area contributed by atoms with Gasteiger partial charge in [0.25, 0.3) is 0 Å². The van der Waals surface area contributed by atoms with Crippen LogP contribution in [0.15, 0.2) is 29.3 Å². The lowest BCUT2D eigenvalue weighted by atomic mass is 10.1. The maximum Gasteiger partial charge on any atom is 0.196 e. The van der Waals surface area contributed by atoms with Gasteiger partial charge >= 0.3 is 0 Å². The smallest absolute Gasteiger partial charge is 0.196 e. The number of guanidine groups is 1. The van der Waals surface area contributed by atoms with Gasteiger partial charge < -0.3 is 10.6 Å². The van der Waals surface area contributed by atoms with E-state index >= 15 is 0 Å². The Morgan fingerprint density at radius 2 is 1.72 bits per heavy atom. The highest BCUT2D eigenvalue weighted by Crippen LogP contribution is 2.15. The summed E-state index contributed by atoms with van der Waals surface area (Å²) in [5, 5.41) is 6.41. The van der Waals surface area contributed by atoms with Gasteiger partial charge in [0.05, 0.1) is 5.69 Å². The van der Waals surface area contributed by atoms with Crippen LogP contribution >= 0.6 is 0 Å². The minimum absolute atomic E-state index is 0.894. The van der Waals surface area contributed by atoms with Gasteiger partial charge in [-0.2, -0.15) is 0 Å². The Morgan fingerprint density at radius 1 is 1.00 bits per heavy atom. The van der Waals surface area contributed by atoms with E-state index in [1.165, 1.54) is 37.7 Å². The van der Waals surface area contributed by atoms with Crippen LogP contribution in [0, 0.1) is 0 Å². The Balaban J connectivity index is 1.83. The van der Waals surface area contributed by atoms with E-state index in [1.54, 1.807) is 0 Å². The highest BCUT2D eigenvalue weighted by molar-refractivity contribution is 5.84. The van der Waals surface area contributed by atoms with Crippen LogP contribution in [0.3, 0.4) is 0 Å². The molecule has 18 heavy (non-hydrogen) atoms. The van der Waals surface area contributed by atoms with Crippen molar-refractivity contribution in [3.05, 3.63) is 29.8 Å². The van der Waals surface area contributed by atoms with E-state index in [0.29, 0.717) is 0 Å². The molecular formula is C15H23N3. The Hall–Kier alpha value is -1.51. The van der Waals surface area contributed by atoms with Crippen molar-refractivity contribution in [3.63, 3.8) is 0 Å². The molecule has 0 unspecified atom stereocenters. The summed E-state index contributed by atoms with van der Waals surface area (Å²) in [6.45, 7) is 4.18. The molecular weight excluding hydrogens is 222 g/mol. The molecule has 0 saturated carbocycles. The second-order valence-corrected chi connectivity index (χ2v) is 4.79. The minimum atomic E-state index is 0.894. The van der Waals surface area contributed by atoms with E-state index in [1.807, 2.05) is 0 Å². The molecule has 2 N–H and O–H groups in total. The molecule has 0 bridgehead atoms. The van der Waals surface area contributed by atoms with Crippen molar-refractivity contribution in [1.29, 1.82) is 0 Å². The lowest BCUT2D eigenvalue weighted by Gasteiger charge is -2.03. The van der Waals surface area contributed by atoms with Crippen LogP contribution in [-0.2, 0) is 6.42 Å². The molecule has 0 spiro atoms. The first-order valence-electron chi connectivity index (χ1n) is 7.04. The number of unbranched alkanes of at least 4 members (excludes halogenated alkanes) is 3. The van der Waals surface area contributed by atoms with Gasteiger partial charge in [-0.25, -0.2) is 4.99 Å². The molecule has 1 heterocycles. The van der Waals surface area contributed by atoms with Gasteiger partial charge in [-0.15, -0.1) is 0 Å². The first-order valence-corrected chi connectivity index (χ1v) is 7.04. The fourth-order valence-electron chi connectivity index (χ4n) is 2.13. The Morgan fingerprint density at radius 3 is 2.39 bits per heavy atom. The molecule has 3 heteroatoms. The molecule has 1 aliphatic heterocycles. The second kappa shape index (κ2) is 7.04. The summed E-state index contributed by atoms with van der Waals surface area (Å²) in [4.78, 5) is 4.50. The van der Waals surface area contributed by atoms with E-state index in [9.17, 15) is 0 Å². The van der Waals surface area contributed by atoms with Gasteiger partial charge in [0.1, 0.15) is 0 Å². The molecule has 0 aliphatic carbocycles. The SMILES string of the molecule is CCCCCCc1ccc(N=C2NCCN2)cc1. The van der Waals surface area contributed by atoms with Crippen molar-refractivity contribution in [2.45, 2.75) is 39.0 Å². The Bertz CT molecular complexity index is 373. The average molecular weight is 245 g/mol. The Kier molecular flexibility index (Phi) is 5.06. The third kappa shape index (κ3) is 4.06. The zero-order chi connectivity index (χ0) is 12.6. The van der Waals surface area contributed by atoms with E-state index in [-0.39, 0.29) is 0 Å². The minimum Gasteiger partial charge on any atom is -0.354 e. The van der Waals surface area contributed by atoms with E-state index in [0.717, 1.165) is 24.7 Å². The Labute approximate surface area is 110 Å². The van der Waals surface area contributed by atoms with E-state index in [2.05, 4.69) is 46.8 Å². The largest absolute Gasteiger partial charge is 0.354 e. The van der Waals surface area contributed by atoms with Crippen LogP contribution in [0.5, 0.6) is 0 Å². The molecule has 0 atom stereocenters. The van der Waals surface area contributed by atoms with Crippen LogP contribution in [-0.4, -0.2) is 19.0 Å². The maximum atomic E-state index is 4.50. The first-order chi connectivity index (χ1) is 8.88. The zero-order valence-corrected chi connectivity index (χ0v) is 11.2. The summed E-state index contributed by atoms with van der Waals surface area (Å²) < 4.78 is 0. The molecule has 0 radical (unpaired) electrons. The quantitative estimate of drug-likeness (QED) is 0.756. The lowest BCUT2D eigenvalue weighted by Crippen LogP contribution is -2.23. The van der Waals surface area contributed by atoms with Crippen molar-refractivity contribution >= 4 is 11.6 Å². The fraction of sp³-hybridized carbons (Fsp3) is 0.533. The molecule has 1 aromatic carbocycles. The van der Waals surface area contributed by atoms with Crippen molar-refractivity contribution in [2.24, 2.45) is 4.99 Å². The summed E-state index contributed by atoms with van der Waals surface area (Å²) in [5.41, 5.74) is 2.44. The standard InChI is InChI=1S/C15H23N3/c1-2-3-4-5-6-13-7-9-14(10-8-13)18-15-16-11-12-17-15/h7-10H,2-6,11-12H2,1H3,(H2,16,17,18). The van der Waals surface area contributed by atoms with Crippen LogP contribution in [0.2, 0.25) is 0 Å².